The Labute approximate surface area is 117 Å². The second-order valence-corrected chi connectivity index (χ2v) is 5.27. The average Bonchev–Trinajstić information content (AvgIpc) is 2.92. The second kappa shape index (κ2) is 7.16. The van der Waals surface area contributed by atoms with Gasteiger partial charge in [0.15, 0.2) is 11.5 Å². The average molecular weight is 277 g/mol. The summed E-state index contributed by atoms with van der Waals surface area (Å²) in [4.78, 5) is 1.40. The van der Waals surface area contributed by atoms with Crippen LogP contribution in [0.2, 0.25) is 0 Å². The van der Waals surface area contributed by atoms with E-state index in [-0.39, 0.29) is 5.75 Å². The van der Waals surface area contributed by atoms with E-state index in [2.05, 4.69) is 22.8 Å². The molecule has 0 aliphatic carbocycles. The van der Waals surface area contributed by atoms with Crippen molar-refractivity contribution in [1.82, 2.24) is 5.32 Å². The number of thiophene rings is 1. The monoisotopic (exact) mass is 277 g/mol. The lowest BCUT2D eigenvalue weighted by Gasteiger charge is -2.09. The van der Waals surface area contributed by atoms with Crippen LogP contribution in [0.25, 0.3) is 0 Å². The number of rotatable bonds is 7. The summed E-state index contributed by atoms with van der Waals surface area (Å²) >= 11 is 1.79. The first-order valence-corrected chi connectivity index (χ1v) is 7.35. The summed E-state index contributed by atoms with van der Waals surface area (Å²) in [5.74, 6) is 0.754. The minimum absolute atomic E-state index is 0.198. The minimum Gasteiger partial charge on any atom is -0.504 e. The highest BCUT2D eigenvalue weighted by atomic mass is 32.1. The molecule has 0 saturated carbocycles. The first-order valence-electron chi connectivity index (χ1n) is 6.47. The lowest BCUT2D eigenvalue weighted by atomic mass is 10.2. The molecule has 0 atom stereocenters. The van der Waals surface area contributed by atoms with Crippen LogP contribution in [0.5, 0.6) is 11.5 Å². The molecule has 2 N–H and O–H groups in total. The maximum Gasteiger partial charge on any atom is 0.161 e. The molecule has 0 fully saturated rings. The van der Waals surface area contributed by atoms with Crippen molar-refractivity contribution in [2.75, 3.05) is 13.2 Å². The number of hydrogen-bond donors (Lipinski definition) is 2. The summed E-state index contributed by atoms with van der Waals surface area (Å²) in [5.41, 5.74) is 1.12. The van der Waals surface area contributed by atoms with Crippen LogP contribution in [0.3, 0.4) is 0 Å². The normalized spacial score (nSPS) is 10.6. The fourth-order valence-corrected chi connectivity index (χ4v) is 2.55. The van der Waals surface area contributed by atoms with Gasteiger partial charge < -0.3 is 15.2 Å². The van der Waals surface area contributed by atoms with Crippen molar-refractivity contribution < 1.29 is 9.84 Å². The van der Waals surface area contributed by atoms with E-state index in [1.165, 1.54) is 4.88 Å². The standard InChI is InChI=1S/C15H19NO2S/c1-2-18-15-10-12(5-6-14(15)17)11-16-8-7-13-4-3-9-19-13/h3-6,9-10,16-17H,2,7-8,11H2,1H3. The molecule has 4 heteroatoms. The highest BCUT2D eigenvalue weighted by molar-refractivity contribution is 7.09. The first-order chi connectivity index (χ1) is 9.29. The van der Waals surface area contributed by atoms with Gasteiger partial charge in [-0.15, -0.1) is 11.3 Å². The molecule has 3 nitrogen and oxygen atoms in total. The number of phenolic OH excluding ortho intramolecular Hbond substituents is 1. The molecular weight excluding hydrogens is 258 g/mol. The zero-order valence-electron chi connectivity index (χ0n) is 11.1. The van der Waals surface area contributed by atoms with E-state index in [1.54, 1.807) is 17.4 Å². The summed E-state index contributed by atoms with van der Waals surface area (Å²) in [5, 5.41) is 15.1. The van der Waals surface area contributed by atoms with Crippen LogP contribution in [0, 0.1) is 0 Å². The molecule has 2 rings (SSSR count). The van der Waals surface area contributed by atoms with Gasteiger partial charge in [0.2, 0.25) is 0 Å². The molecule has 0 aliphatic heterocycles. The Balaban J connectivity index is 1.80. The SMILES string of the molecule is CCOc1cc(CNCCc2cccs2)ccc1O. The summed E-state index contributed by atoms with van der Waals surface area (Å²) < 4.78 is 5.37. The first kappa shape index (κ1) is 13.9. The number of hydrogen-bond acceptors (Lipinski definition) is 4. The van der Waals surface area contributed by atoms with E-state index in [0.717, 1.165) is 25.1 Å². The number of nitrogens with one attached hydrogen (secondary N) is 1. The van der Waals surface area contributed by atoms with Crippen molar-refractivity contribution in [3.63, 3.8) is 0 Å². The predicted octanol–water partition coefficient (Wildman–Crippen LogP) is 3.18. The molecule has 1 heterocycles. The zero-order chi connectivity index (χ0) is 13.5. The molecule has 1 aromatic carbocycles. The van der Waals surface area contributed by atoms with Gasteiger partial charge in [-0.2, -0.15) is 0 Å². The number of benzene rings is 1. The van der Waals surface area contributed by atoms with Gasteiger partial charge in [-0.3, -0.25) is 0 Å². The molecule has 19 heavy (non-hydrogen) atoms. The van der Waals surface area contributed by atoms with Crippen molar-refractivity contribution in [3.8, 4) is 11.5 Å². The van der Waals surface area contributed by atoms with Crippen molar-refractivity contribution in [3.05, 3.63) is 46.2 Å². The summed E-state index contributed by atoms with van der Waals surface area (Å²) in [6.45, 7) is 4.20. The smallest absolute Gasteiger partial charge is 0.161 e. The maximum absolute atomic E-state index is 9.62. The van der Waals surface area contributed by atoms with Gasteiger partial charge in [0.25, 0.3) is 0 Å². The summed E-state index contributed by atoms with van der Waals surface area (Å²) in [6.07, 6.45) is 1.05. The Hall–Kier alpha value is -1.52. The van der Waals surface area contributed by atoms with Gasteiger partial charge in [0, 0.05) is 18.0 Å². The molecule has 0 saturated heterocycles. The molecule has 1 aromatic heterocycles. The van der Waals surface area contributed by atoms with Gasteiger partial charge in [0.1, 0.15) is 0 Å². The zero-order valence-corrected chi connectivity index (χ0v) is 11.9. The highest BCUT2D eigenvalue weighted by Crippen LogP contribution is 2.26. The van der Waals surface area contributed by atoms with Crippen LogP contribution < -0.4 is 10.1 Å². The molecular formula is C15H19NO2S. The lowest BCUT2D eigenvalue weighted by molar-refractivity contribution is 0.317. The number of phenols is 1. The third kappa shape index (κ3) is 4.26. The van der Waals surface area contributed by atoms with Crippen molar-refractivity contribution in [2.45, 2.75) is 19.9 Å². The minimum atomic E-state index is 0.198. The molecule has 0 aliphatic rings. The van der Waals surface area contributed by atoms with E-state index in [1.807, 2.05) is 19.1 Å². The Morgan fingerprint density at radius 3 is 2.95 bits per heavy atom. The Morgan fingerprint density at radius 1 is 1.32 bits per heavy atom. The van der Waals surface area contributed by atoms with Crippen LogP contribution in [0.15, 0.2) is 35.7 Å². The van der Waals surface area contributed by atoms with Crippen LogP contribution in [0.4, 0.5) is 0 Å². The second-order valence-electron chi connectivity index (χ2n) is 4.24. The topological polar surface area (TPSA) is 41.5 Å². The van der Waals surface area contributed by atoms with Gasteiger partial charge in [-0.25, -0.2) is 0 Å². The van der Waals surface area contributed by atoms with Gasteiger partial charge >= 0.3 is 0 Å². The molecule has 102 valence electrons. The molecule has 0 radical (unpaired) electrons. The fraction of sp³-hybridized carbons (Fsp3) is 0.333. The Morgan fingerprint density at radius 2 is 2.21 bits per heavy atom. The predicted molar refractivity (Wildman–Crippen MR) is 79.0 cm³/mol. The fourth-order valence-electron chi connectivity index (χ4n) is 1.84. The lowest BCUT2D eigenvalue weighted by Crippen LogP contribution is -2.16. The quantitative estimate of drug-likeness (QED) is 0.764. The van der Waals surface area contributed by atoms with E-state index < -0.39 is 0 Å². The van der Waals surface area contributed by atoms with Crippen LogP contribution in [-0.4, -0.2) is 18.3 Å². The van der Waals surface area contributed by atoms with Gasteiger partial charge in [-0.1, -0.05) is 12.1 Å². The molecule has 2 aromatic rings. The number of aromatic hydroxyl groups is 1. The van der Waals surface area contributed by atoms with Crippen LogP contribution >= 0.6 is 11.3 Å². The van der Waals surface area contributed by atoms with Crippen molar-refractivity contribution in [2.24, 2.45) is 0 Å². The van der Waals surface area contributed by atoms with Crippen molar-refractivity contribution in [1.29, 1.82) is 0 Å². The molecule has 0 bridgehead atoms. The van der Waals surface area contributed by atoms with Crippen LogP contribution in [-0.2, 0) is 13.0 Å². The Bertz CT molecular complexity index is 497. The van der Waals surface area contributed by atoms with E-state index >= 15 is 0 Å². The largest absolute Gasteiger partial charge is 0.504 e. The van der Waals surface area contributed by atoms with E-state index in [4.69, 9.17) is 4.74 Å². The Kier molecular flexibility index (Phi) is 5.24. The molecule has 0 unspecified atom stereocenters. The molecule has 0 amide bonds. The summed E-state index contributed by atoms with van der Waals surface area (Å²) in [7, 11) is 0. The van der Waals surface area contributed by atoms with Gasteiger partial charge in [0.05, 0.1) is 6.61 Å². The maximum atomic E-state index is 9.62. The van der Waals surface area contributed by atoms with E-state index in [9.17, 15) is 5.11 Å². The van der Waals surface area contributed by atoms with Crippen molar-refractivity contribution >= 4 is 11.3 Å². The third-order valence-electron chi connectivity index (χ3n) is 2.78. The third-order valence-corrected chi connectivity index (χ3v) is 3.72. The van der Waals surface area contributed by atoms with Gasteiger partial charge in [-0.05, 0) is 42.5 Å². The summed E-state index contributed by atoms with van der Waals surface area (Å²) in [6, 6.07) is 9.71. The molecule has 0 spiro atoms. The van der Waals surface area contributed by atoms with Crippen LogP contribution in [0.1, 0.15) is 17.4 Å². The number of ether oxygens (including phenoxy) is 1. The highest BCUT2D eigenvalue weighted by Gasteiger charge is 2.03. The van der Waals surface area contributed by atoms with E-state index in [0.29, 0.717) is 12.4 Å².